The van der Waals surface area contributed by atoms with Gasteiger partial charge in [0.15, 0.2) is 0 Å². The molecule has 0 bridgehead atoms. The molecule has 2 N–H and O–H groups in total. The lowest BCUT2D eigenvalue weighted by Gasteiger charge is -2.25. The van der Waals surface area contributed by atoms with E-state index in [-0.39, 0.29) is 24.4 Å². The van der Waals surface area contributed by atoms with Crippen LogP contribution in [0.2, 0.25) is 0 Å². The second-order valence-electron chi connectivity index (χ2n) is 3.80. The van der Waals surface area contributed by atoms with Crippen LogP contribution in [-0.2, 0) is 9.53 Å². The molecule has 0 aliphatic carbocycles. The van der Waals surface area contributed by atoms with E-state index in [1.54, 1.807) is 11.8 Å². The number of nitrogens with two attached hydrogens (primary N) is 1. The van der Waals surface area contributed by atoms with Gasteiger partial charge in [0.25, 0.3) is 0 Å². The summed E-state index contributed by atoms with van der Waals surface area (Å²) in [4.78, 5) is 13.4. The average molecular weight is 237 g/mol. The molecule has 1 saturated heterocycles. The van der Waals surface area contributed by atoms with Gasteiger partial charge in [0.1, 0.15) is 0 Å². The molecule has 0 saturated carbocycles. The number of halogens is 1. The number of ether oxygens (including phenoxy) is 1. The summed E-state index contributed by atoms with van der Waals surface area (Å²) in [6.07, 6.45) is 2.38. The van der Waals surface area contributed by atoms with Gasteiger partial charge in [0.05, 0.1) is 12.1 Å². The first-order valence-corrected chi connectivity index (χ1v) is 5.31. The summed E-state index contributed by atoms with van der Waals surface area (Å²) in [6, 6.07) is -0.406. The maximum atomic E-state index is 11.6. The van der Waals surface area contributed by atoms with Crippen molar-refractivity contribution in [3.63, 3.8) is 0 Å². The highest BCUT2D eigenvalue weighted by Crippen LogP contribution is 2.13. The van der Waals surface area contributed by atoms with Crippen LogP contribution in [0.25, 0.3) is 0 Å². The molecule has 5 heteroatoms. The quantitative estimate of drug-likeness (QED) is 0.785. The van der Waals surface area contributed by atoms with Crippen molar-refractivity contribution >= 4 is 18.3 Å². The van der Waals surface area contributed by atoms with Crippen LogP contribution in [-0.4, -0.2) is 42.6 Å². The van der Waals surface area contributed by atoms with Crippen molar-refractivity contribution in [1.29, 1.82) is 0 Å². The van der Waals surface area contributed by atoms with E-state index in [2.05, 4.69) is 0 Å². The Morgan fingerprint density at radius 3 is 2.73 bits per heavy atom. The fourth-order valence-corrected chi connectivity index (χ4v) is 1.70. The summed E-state index contributed by atoms with van der Waals surface area (Å²) in [6.45, 7) is 5.92. The highest BCUT2D eigenvalue weighted by Gasteiger charge is 2.22. The standard InChI is InChI=1S/C10H20N2O2.ClH/c1-3-12(10(13)8(2)11)7-9-5-4-6-14-9;/h8-9H,3-7,11H2,1-2H3;1H. The molecule has 2 unspecified atom stereocenters. The molecule has 1 fully saturated rings. The molecule has 0 radical (unpaired) electrons. The van der Waals surface area contributed by atoms with Crippen molar-refractivity contribution < 1.29 is 9.53 Å². The van der Waals surface area contributed by atoms with Crippen molar-refractivity contribution in [1.82, 2.24) is 4.90 Å². The third-order valence-corrected chi connectivity index (χ3v) is 2.53. The van der Waals surface area contributed by atoms with E-state index < -0.39 is 6.04 Å². The highest BCUT2D eigenvalue weighted by molar-refractivity contribution is 5.85. The number of carbonyl (C=O) groups excluding carboxylic acids is 1. The molecule has 0 aromatic carbocycles. The number of nitrogens with zero attached hydrogens (tertiary/aromatic N) is 1. The normalized spacial score (nSPS) is 21.9. The van der Waals surface area contributed by atoms with Crippen molar-refractivity contribution in [3.05, 3.63) is 0 Å². The number of hydrogen-bond donors (Lipinski definition) is 1. The van der Waals surface area contributed by atoms with Crippen LogP contribution in [0.15, 0.2) is 0 Å². The summed E-state index contributed by atoms with van der Waals surface area (Å²) in [5.74, 6) is 0.0167. The Bertz CT molecular complexity index is 194. The fraction of sp³-hybridized carbons (Fsp3) is 0.900. The molecule has 15 heavy (non-hydrogen) atoms. The van der Waals surface area contributed by atoms with Gasteiger partial charge in [0.2, 0.25) is 5.91 Å². The predicted molar refractivity (Wildman–Crippen MR) is 62.1 cm³/mol. The summed E-state index contributed by atoms with van der Waals surface area (Å²) in [5.41, 5.74) is 5.55. The Morgan fingerprint density at radius 1 is 1.67 bits per heavy atom. The van der Waals surface area contributed by atoms with E-state index in [1.807, 2.05) is 6.92 Å². The third kappa shape index (κ3) is 4.36. The smallest absolute Gasteiger partial charge is 0.239 e. The Hall–Kier alpha value is -0.320. The molecule has 0 spiro atoms. The van der Waals surface area contributed by atoms with Crippen LogP contribution in [0, 0.1) is 0 Å². The molecule has 2 atom stereocenters. The lowest BCUT2D eigenvalue weighted by molar-refractivity contribution is -0.133. The molecule has 90 valence electrons. The monoisotopic (exact) mass is 236 g/mol. The van der Waals surface area contributed by atoms with Gasteiger partial charge in [-0.25, -0.2) is 0 Å². The first-order valence-electron chi connectivity index (χ1n) is 5.31. The highest BCUT2D eigenvalue weighted by atomic mass is 35.5. The van der Waals surface area contributed by atoms with Crippen LogP contribution in [0.5, 0.6) is 0 Å². The van der Waals surface area contributed by atoms with Crippen LogP contribution in [0.4, 0.5) is 0 Å². The molecular formula is C10H21ClN2O2. The summed E-state index contributed by atoms with van der Waals surface area (Å²) in [5, 5.41) is 0. The Kier molecular flexibility index (Phi) is 6.89. The van der Waals surface area contributed by atoms with Crippen LogP contribution >= 0.6 is 12.4 Å². The molecule has 0 aromatic rings. The fourth-order valence-electron chi connectivity index (χ4n) is 1.70. The first-order chi connectivity index (χ1) is 6.65. The van der Waals surface area contributed by atoms with Gasteiger partial charge < -0.3 is 15.4 Å². The van der Waals surface area contributed by atoms with E-state index in [0.29, 0.717) is 13.1 Å². The minimum Gasteiger partial charge on any atom is -0.376 e. The third-order valence-electron chi connectivity index (χ3n) is 2.53. The number of amides is 1. The van der Waals surface area contributed by atoms with Gasteiger partial charge in [-0.15, -0.1) is 12.4 Å². The summed E-state index contributed by atoms with van der Waals surface area (Å²) < 4.78 is 5.48. The molecule has 0 aromatic heterocycles. The van der Waals surface area contributed by atoms with Gasteiger partial charge in [-0.2, -0.15) is 0 Å². The molecule has 1 aliphatic heterocycles. The number of likely N-dealkylation sites (N-methyl/N-ethyl adjacent to an activating group) is 1. The van der Waals surface area contributed by atoms with Crippen molar-refractivity contribution in [3.8, 4) is 0 Å². The van der Waals surface area contributed by atoms with Crippen LogP contribution in [0.1, 0.15) is 26.7 Å². The average Bonchev–Trinajstić information content (AvgIpc) is 2.65. The second kappa shape index (κ2) is 7.04. The molecular weight excluding hydrogens is 216 g/mol. The zero-order valence-corrected chi connectivity index (χ0v) is 10.3. The van der Waals surface area contributed by atoms with E-state index in [0.717, 1.165) is 19.4 Å². The zero-order valence-electron chi connectivity index (χ0n) is 9.44. The van der Waals surface area contributed by atoms with E-state index in [1.165, 1.54) is 0 Å². The van der Waals surface area contributed by atoms with Crippen molar-refractivity contribution in [2.24, 2.45) is 5.73 Å². The van der Waals surface area contributed by atoms with Crippen LogP contribution in [0.3, 0.4) is 0 Å². The minimum absolute atomic E-state index is 0. The van der Waals surface area contributed by atoms with E-state index in [9.17, 15) is 4.79 Å². The Balaban J connectivity index is 0.00000196. The molecule has 4 nitrogen and oxygen atoms in total. The van der Waals surface area contributed by atoms with Gasteiger partial charge in [0, 0.05) is 19.7 Å². The minimum atomic E-state index is -0.406. The predicted octanol–water partition coefficient (Wildman–Crippen LogP) is 0.783. The van der Waals surface area contributed by atoms with Gasteiger partial charge in [-0.05, 0) is 26.7 Å². The Labute approximate surface area is 97.5 Å². The number of hydrogen-bond acceptors (Lipinski definition) is 3. The van der Waals surface area contributed by atoms with Gasteiger partial charge >= 0.3 is 0 Å². The SMILES string of the molecule is CCN(CC1CCCO1)C(=O)C(C)N.Cl. The number of carbonyl (C=O) groups is 1. The molecule has 1 heterocycles. The maximum Gasteiger partial charge on any atom is 0.239 e. The molecule has 1 rings (SSSR count). The second-order valence-corrected chi connectivity index (χ2v) is 3.80. The zero-order chi connectivity index (χ0) is 10.6. The summed E-state index contributed by atoms with van der Waals surface area (Å²) in [7, 11) is 0. The van der Waals surface area contributed by atoms with E-state index in [4.69, 9.17) is 10.5 Å². The topological polar surface area (TPSA) is 55.6 Å². The molecule has 1 amide bonds. The van der Waals surface area contributed by atoms with Gasteiger partial charge in [-0.1, -0.05) is 0 Å². The first kappa shape index (κ1) is 14.7. The van der Waals surface area contributed by atoms with Crippen LogP contribution < -0.4 is 5.73 Å². The van der Waals surface area contributed by atoms with E-state index >= 15 is 0 Å². The van der Waals surface area contributed by atoms with Gasteiger partial charge in [-0.3, -0.25) is 4.79 Å². The molecule has 1 aliphatic rings. The van der Waals surface area contributed by atoms with Crippen molar-refractivity contribution in [2.75, 3.05) is 19.7 Å². The summed E-state index contributed by atoms with van der Waals surface area (Å²) >= 11 is 0. The number of rotatable bonds is 4. The largest absolute Gasteiger partial charge is 0.376 e. The lowest BCUT2D eigenvalue weighted by Crippen LogP contribution is -2.45. The lowest BCUT2D eigenvalue weighted by atomic mass is 10.2. The maximum absolute atomic E-state index is 11.6. The Morgan fingerprint density at radius 2 is 2.33 bits per heavy atom. The van der Waals surface area contributed by atoms with Crippen molar-refractivity contribution in [2.45, 2.75) is 38.8 Å².